The molecule has 5 nitrogen and oxygen atoms in total. The molecule has 1 aliphatic heterocycles. The van der Waals surface area contributed by atoms with Gasteiger partial charge in [0.25, 0.3) is 0 Å². The second kappa shape index (κ2) is 9.00. The molecule has 136 valence electrons. The Balaban J connectivity index is 1.78. The molecule has 1 unspecified atom stereocenters. The van der Waals surface area contributed by atoms with Gasteiger partial charge in [0.1, 0.15) is 5.75 Å². The number of hydrogen-bond acceptors (Lipinski definition) is 6. The van der Waals surface area contributed by atoms with Crippen LogP contribution < -0.4 is 4.74 Å². The Bertz CT molecular complexity index is 786. The fourth-order valence-electron chi connectivity index (χ4n) is 2.59. The van der Waals surface area contributed by atoms with Gasteiger partial charge in [0.05, 0.1) is 25.1 Å². The first-order valence-corrected chi connectivity index (χ1v) is 10.2. The van der Waals surface area contributed by atoms with Crippen molar-refractivity contribution >= 4 is 40.4 Å². The standard InChI is InChI=1S/C19H21N3O2S2/c1-3-5-17-18(23)22(13-14-7-9-15(24-2)10-8-14)19(26-17)21-20-12-16-6-4-11-25-16/h4,6-12,17H,3,5,13H2,1-2H3/b20-12+,21-19+. The van der Waals surface area contributed by atoms with Crippen molar-refractivity contribution in [3.05, 3.63) is 52.2 Å². The normalized spacial score (nSPS) is 19.0. The van der Waals surface area contributed by atoms with Crippen LogP contribution in [0.25, 0.3) is 0 Å². The van der Waals surface area contributed by atoms with E-state index in [9.17, 15) is 4.79 Å². The molecule has 0 saturated carbocycles. The zero-order valence-electron chi connectivity index (χ0n) is 14.8. The van der Waals surface area contributed by atoms with E-state index in [-0.39, 0.29) is 11.2 Å². The van der Waals surface area contributed by atoms with E-state index in [2.05, 4.69) is 17.1 Å². The number of amidine groups is 1. The first-order valence-electron chi connectivity index (χ1n) is 8.46. The number of carbonyl (C=O) groups excluding carboxylic acids is 1. The number of amides is 1. The number of carbonyl (C=O) groups is 1. The lowest BCUT2D eigenvalue weighted by Crippen LogP contribution is -2.31. The largest absolute Gasteiger partial charge is 0.497 e. The van der Waals surface area contributed by atoms with Gasteiger partial charge in [0.2, 0.25) is 5.91 Å². The molecule has 0 bridgehead atoms. The van der Waals surface area contributed by atoms with E-state index in [0.29, 0.717) is 11.7 Å². The highest BCUT2D eigenvalue weighted by atomic mass is 32.2. The van der Waals surface area contributed by atoms with E-state index in [1.54, 1.807) is 29.6 Å². The number of hydrogen-bond donors (Lipinski definition) is 0. The van der Waals surface area contributed by atoms with Gasteiger partial charge < -0.3 is 4.74 Å². The number of rotatable bonds is 7. The summed E-state index contributed by atoms with van der Waals surface area (Å²) in [7, 11) is 1.64. The highest BCUT2D eigenvalue weighted by molar-refractivity contribution is 8.15. The Kier molecular flexibility index (Phi) is 6.46. The van der Waals surface area contributed by atoms with Crippen molar-refractivity contribution in [1.29, 1.82) is 0 Å². The average Bonchev–Trinajstić information content (AvgIpc) is 3.27. The van der Waals surface area contributed by atoms with Gasteiger partial charge in [0, 0.05) is 4.88 Å². The zero-order valence-corrected chi connectivity index (χ0v) is 16.4. The molecule has 1 amide bonds. The van der Waals surface area contributed by atoms with E-state index in [4.69, 9.17) is 4.74 Å². The van der Waals surface area contributed by atoms with Crippen LogP contribution in [0.2, 0.25) is 0 Å². The summed E-state index contributed by atoms with van der Waals surface area (Å²) in [6, 6.07) is 11.7. The van der Waals surface area contributed by atoms with Gasteiger partial charge in [-0.15, -0.1) is 16.4 Å². The second-order valence-corrected chi connectivity index (χ2v) is 7.96. The third-order valence-corrected chi connectivity index (χ3v) is 5.98. The van der Waals surface area contributed by atoms with Gasteiger partial charge in [-0.05, 0) is 35.6 Å². The zero-order chi connectivity index (χ0) is 18.4. The molecule has 0 spiro atoms. The van der Waals surface area contributed by atoms with E-state index >= 15 is 0 Å². The van der Waals surface area contributed by atoms with E-state index < -0.39 is 0 Å². The second-order valence-electron chi connectivity index (χ2n) is 5.81. The summed E-state index contributed by atoms with van der Waals surface area (Å²) >= 11 is 3.11. The topological polar surface area (TPSA) is 54.3 Å². The van der Waals surface area contributed by atoms with Crippen LogP contribution in [-0.2, 0) is 11.3 Å². The summed E-state index contributed by atoms with van der Waals surface area (Å²) in [5.74, 6) is 0.909. The van der Waals surface area contributed by atoms with Crippen molar-refractivity contribution in [2.75, 3.05) is 7.11 Å². The third-order valence-electron chi connectivity index (χ3n) is 3.94. The Morgan fingerprint density at radius 1 is 1.27 bits per heavy atom. The summed E-state index contributed by atoms with van der Waals surface area (Å²) in [6.45, 7) is 2.58. The third kappa shape index (κ3) is 4.53. The van der Waals surface area contributed by atoms with Gasteiger partial charge in [-0.3, -0.25) is 9.69 Å². The van der Waals surface area contributed by atoms with Crippen molar-refractivity contribution in [1.82, 2.24) is 4.90 Å². The number of thioether (sulfide) groups is 1. The van der Waals surface area contributed by atoms with Crippen molar-refractivity contribution in [2.24, 2.45) is 10.2 Å². The lowest BCUT2D eigenvalue weighted by Gasteiger charge is -2.16. The molecule has 1 saturated heterocycles. The van der Waals surface area contributed by atoms with Crippen LogP contribution in [0, 0.1) is 0 Å². The van der Waals surface area contributed by atoms with Crippen LogP contribution >= 0.6 is 23.1 Å². The Labute approximate surface area is 161 Å². The van der Waals surface area contributed by atoms with E-state index in [1.807, 2.05) is 41.8 Å². The molecule has 2 aromatic rings. The molecule has 3 rings (SSSR count). The van der Waals surface area contributed by atoms with Crippen LogP contribution in [0.4, 0.5) is 0 Å². The van der Waals surface area contributed by atoms with Crippen molar-refractivity contribution in [3.8, 4) is 5.75 Å². The number of thiophene rings is 1. The highest BCUT2D eigenvalue weighted by Gasteiger charge is 2.37. The van der Waals surface area contributed by atoms with Crippen LogP contribution in [0.3, 0.4) is 0 Å². The monoisotopic (exact) mass is 387 g/mol. The molecule has 1 aromatic carbocycles. The minimum atomic E-state index is -0.0751. The molecular formula is C19H21N3O2S2. The van der Waals surface area contributed by atoms with Crippen LogP contribution in [-0.4, -0.2) is 34.5 Å². The first-order chi connectivity index (χ1) is 12.7. The maximum Gasteiger partial charge on any atom is 0.242 e. The van der Waals surface area contributed by atoms with Gasteiger partial charge >= 0.3 is 0 Å². The number of benzene rings is 1. The molecule has 26 heavy (non-hydrogen) atoms. The van der Waals surface area contributed by atoms with Gasteiger partial charge in [-0.2, -0.15) is 5.10 Å². The summed E-state index contributed by atoms with van der Waals surface area (Å²) < 4.78 is 5.19. The van der Waals surface area contributed by atoms with Crippen molar-refractivity contribution in [2.45, 2.75) is 31.6 Å². The molecule has 1 aromatic heterocycles. The lowest BCUT2D eigenvalue weighted by molar-refractivity contribution is -0.126. The molecule has 0 radical (unpaired) electrons. The molecule has 0 N–H and O–H groups in total. The van der Waals surface area contributed by atoms with Crippen LogP contribution in [0.1, 0.15) is 30.2 Å². The Hall–Kier alpha value is -2.12. The maximum absolute atomic E-state index is 12.8. The Morgan fingerprint density at radius 3 is 2.73 bits per heavy atom. The fourth-order valence-corrected chi connectivity index (χ4v) is 4.38. The quantitative estimate of drug-likeness (QED) is 0.523. The maximum atomic E-state index is 12.8. The van der Waals surface area contributed by atoms with E-state index in [0.717, 1.165) is 29.0 Å². The summed E-state index contributed by atoms with van der Waals surface area (Å²) in [6.07, 6.45) is 3.53. The first kappa shape index (κ1) is 18.7. The average molecular weight is 388 g/mol. The molecule has 1 aliphatic rings. The van der Waals surface area contributed by atoms with Gasteiger partial charge in [-0.25, -0.2) is 0 Å². The minimum Gasteiger partial charge on any atom is -0.497 e. The predicted molar refractivity (Wildman–Crippen MR) is 109 cm³/mol. The van der Waals surface area contributed by atoms with Crippen molar-refractivity contribution < 1.29 is 9.53 Å². The molecule has 1 atom stereocenters. The van der Waals surface area contributed by atoms with Gasteiger partial charge in [-0.1, -0.05) is 43.3 Å². The van der Waals surface area contributed by atoms with Crippen LogP contribution in [0.5, 0.6) is 5.75 Å². The summed E-state index contributed by atoms with van der Waals surface area (Å²) in [4.78, 5) is 15.5. The highest BCUT2D eigenvalue weighted by Crippen LogP contribution is 2.32. The molecular weight excluding hydrogens is 366 g/mol. The number of methoxy groups -OCH3 is 1. The molecule has 2 heterocycles. The summed E-state index contributed by atoms with van der Waals surface area (Å²) in [5.41, 5.74) is 1.03. The van der Waals surface area contributed by atoms with Crippen LogP contribution in [0.15, 0.2) is 52.0 Å². The number of nitrogens with zero attached hydrogens (tertiary/aromatic N) is 3. The SMILES string of the molecule is CCCC1S/C(=N/N=C/c2cccs2)N(Cc2ccc(OC)cc2)C1=O. The van der Waals surface area contributed by atoms with E-state index in [1.165, 1.54) is 11.8 Å². The fraction of sp³-hybridized carbons (Fsp3) is 0.316. The Morgan fingerprint density at radius 2 is 2.08 bits per heavy atom. The summed E-state index contributed by atoms with van der Waals surface area (Å²) in [5, 5.41) is 11.1. The lowest BCUT2D eigenvalue weighted by atomic mass is 10.2. The van der Waals surface area contributed by atoms with Crippen molar-refractivity contribution in [3.63, 3.8) is 0 Å². The predicted octanol–water partition coefficient (Wildman–Crippen LogP) is 4.39. The number of ether oxygens (including phenoxy) is 1. The molecule has 7 heteroatoms. The van der Waals surface area contributed by atoms with Gasteiger partial charge in [0.15, 0.2) is 5.17 Å². The molecule has 1 fully saturated rings. The molecule has 0 aliphatic carbocycles. The minimum absolute atomic E-state index is 0.0751. The smallest absolute Gasteiger partial charge is 0.242 e.